The fraction of sp³-hybridized carbons (Fsp3) is 0.795. The Balaban J connectivity index is 2.49. The molecule has 2 rings (SSSR count). The monoisotopic (exact) mass is 900 g/mol. The quantitative estimate of drug-likeness (QED) is 0.0484. The standard InChI is InChI=1S/C44H72N2O17/c1-11-15-16-17-18-19-20-21-22-23-45-43(53)56-26-44(46-35(52)14-4,24-54-41-27(5)36(57-28(6)47)37(58-29(7)48)33(12-2)62-41)25-55-42-40(61-32(10)51)39(60-31(9)50)38(59-30(8)49)34(13-3)63-42/h14,27,33-34,36-42H,4,11-13,15-26H2,1-3,5-10H3,(H,45,53)(H,46,52)/t27?,33?,34?,36-,37-,38-,39+,40?,41-,42-,44?/m1/s1. The minimum absolute atomic E-state index is 0.222. The first-order chi connectivity index (χ1) is 29.9. The van der Waals surface area contributed by atoms with Crippen LogP contribution in [0, 0.1) is 5.92 Å². The van der Waals surface area contributed by atoms with Crippen LogP contribution in [0.4, 0.5) is 4.79 Å². The zero-order valence-corrected chi connectivity index (χ0v) is 38.6. The summed E-state index contributed by atoms with van der Waals surface area (Å²) in [5.74, 6) is -5.02. The second-order valence-electron chi connectivity index (χ2n) is 16.1. The Morgan fingerprint density at radius 1 is 0.571 bits per heavy atom. The van der Waals surface area contributed by atoms with E-state index in [-0.39, 0.29) is 6.42 Å². The number of alkyl carbamates (subject to hydrolysis) is 1. The van der Waals surface area contributed by atoms with E-state index in [1.54, 1.807) is 20.8 Å². The van der Waals surface area contributed by atoms with E-state index in [4.69, 9.17) is 47.4 Å². The lowest BCUT2D eigenvalue weighted by Gasteiger charge is -2.46. The van der Waals surface area contributed by atoms with Crippen molar-refractivity contribution in [3.63, 3.8) is 0 Å². The predicted octanol–water partition coefficient (Wildman–Crippen LogP) is 4.88. The van der Waals surface area contributed by atoms with E-state index in [1.165, 1.54) is 46.0 Å². The molecular formula is C44H72N2O17. The summed E-state index contributed by atoms with van der Waals surface area (Å²) in [6.45, 7) is 15.5. The number of unbranched alkanes of at least 4 members (excludes halogenated alkanes) is 8. The van der Waals surface area contributed by atoms with Crippen molar-refractivity contribution in [2.24, 2.45) is 5.92 Å². The van der Waals surface area contributed by atoms with Crippen molar-refractivity contribution in [3.05, 3.63) is 12.7 Å². The maximum Gasteiger partial charge on any atom is 0.407 e. The normalized spacial score (nSPS) is 26.5. The van der Waals surface area contributed by atoms with Gasteiger partial charge in [0.25, 0.3) is 0 Å². The fourth-order valence-corrected chi connectivity index (χ4v) is 7.49. The van der Waals surface area contributed by atoms with Crippen LogP contribution >= 0.6 is 0 Å². The summed E-state index contributed by atoms with van der Waals surface area (Å²) in [5.41, 5.74) is -1.77. The zero-order chi connectivity index (χ0) is 47.1. The van der Waals surface area contributed by atoms with E-state index in [0.29, 0.717) is 13.0 Å². The van der Waals surface area contributed by atoms with Crippen LogP contribution in [0.1, 0.15) is 133 Å². The molecule has 19 heteroatoms. The number of rotatable bonds is 27. The van der Waals surface area contributed by atoms with Gasteiger partial charge in [0.05, 0.1) is 13.2 Å². The van der Waals surface area contributed by atoms with E-state index >= 15 is 0 Å². The molecule has 2 fully saturated rings. The second kappa shape index (κ2) is 28.5. The van der Waals surface area contributed by atoms with Gasteiger partial charge in [-0.05, 0) is 25.3 Å². The number of amides is 2. The van der Waals surface area contributed by atoms with Gasteiger partial charge in [-0.15, -0.1) is 0 Å². The van der Waals surface area contributed by atoms with Gasteiger partial charge in [-0.1, -0.05) is 85.6 Å². The predicted molar refractivity (Wildman–Crippen MR) is 224 cm³/mol. The van der Waals surface area contributed by atoms with E-state index in [1.807, 2.05) is 0 Å². The highest BCUT2D eigenvalue weighted by atomic mass is 16.7. The summed E-state index contributed by atoms with van der Waals surface area (Å²) in [6, 6.07) is 0. The highest BCUT2D eigenvalue weighted by Gasteiger charge is 2.53. The molecule has 63 heavy (non-hydrogen) atoms. The van der Waals surface area contributed by atoms with Crippen LogP contribution in [0.5, 0.6) is 0 Å². The molecule has 2 amide bonds. The van der Waals surface area contributed by atoms with Crippen LogP contribution in [-0.2, 0) is 76.1 Å². The van der Waals surface area contributed by atoms with Gasteiger partial charge in [0, 0.05) is 47.1 Å². The number of hydrogen-bond donors (Lipinski definition) is 2. The topological polar surface area (TPSA) is 236 Å². The van der Waals surface area contributed by atoms with Crippen molar-refractivity contribution in [1.82, 2.24) is 10.6 Å². The van der Waals surface area contributed by atoms with Crippen LogP contribution in [0.25, 0.3) is 0 Å². The van der Waals surface area contributed by atoms with Crippen molar-refractivity contribution in [2.75, 3.05) is 26.4 Å². The van der Waals surface area contributed by atoms with Crippen molar-refractivity contribution >= 4 is 41.8 Å². The Morgan fingerprint density at radius 2 is 1.00 bits per heavy atom. The Hall–Kier alpha value is -4.33. The van der Waals surface area contributed by atoms with Gasteiger partial charge in [-0.3, -0.25) is 28.8 Å². The Labute approximate surface area is 371 Å². The average molecular weight is 901 g/mol. The third-order valence-electron chi connectivity index (χ3n) is 10.5. The molecule has 2 aliphatic rings. The molecular weight excluding hydrogens is 828 g/mol. The Morgan fingerprint density at radius 3 is 1.49 bits per heavy atom. The van der Waals surface area contributed by atoms with Crippen LogP contribution < -0.4 is 10.6 Å². The minimum atomic E-state index is -1.77. The lowest BCUT2D eigenvalue weighted by Crippen LogP contribution is -2.64. The van der Waals surface area contributed by atoms with Gasteiger partial charge in [0.15, 0.2) is 37.0 Å². The summed E-state index contributed by atoms with van der Waals surface area (Å²) in [7, 11) is 0. The number of ether oxygens (including phenoxy) is 10. The number of carbonyl (C=O) groups excluding carboxylic acids is 7. The molecule has 5 unspecified atom stereocenters. The molecule has 0 aromatic carbocycles. The smallest absolute Gasteiger partial charge is 0.407 e. The maximum atomic E-state index is 13.2. The van der Waals surface area contributed by atoms with Gasteiger partial charge in [0.1, 0.15) is 30.5 Å². The molecule has 0 aliphatic carbocycles. The highest BCUT2D eigenvalue weighted by Crippen LogP contribution is 2.34. The Bertz CT molecular complexity index is 1490. The highest BCUT2D eigenvalue weighted by molar-refractivity contribution is 5.87. The summed E-state index contributed by atoms with van der Waals surface area (Å²) < 4.78 is 58.7. The number of carbonyl (C=O) groups is 7. The van der Waals surface area contributed by atoms with Crippen LogP contribution in [0.15, 0.2) is 12.7 Å². The molecule has 2 saturated heterocycles. The number of hydrogen-bond acceptors (Lipinski definition) is 17. The second-order valence-corrected chi connectivity index (χ2v) is 16.1. The van der Waals surface area contributed by atoms with Crippen molar-refractivity contribution in [1.29, 1.82) is 0 Å². The lowest BCUT2D eigenvalue weighted by atomic mass is 9.90. The molecule has 2 aliphatic heterocycles. The van der Waals surface area contributed by atoms with E-state index in [2.05, 4.69) is 24.1 Å². The minimum Gasteiger partial charge on any atom is -0.458 e. The molecule has 2 heterocycles. The third-order valence-corrected chi connectivity index (χ3v) is 10.5. The largest absolute Gasteiger partial charge is 0.458 e. The SMILES string of the molecule is C=CC(=O)NC(COC(=O)NCCCCCCCCCCC)(CO[C@@H]1OC(CC)[C@@H](OC(C)=O)[C@H](OC(C)=O)C1C)CO[C@@H]1OC(CC)[C@@H](OC(C)=O)[C@H](OC(C)=O)C1OC(C)=O. The molecule has 0 radical (unpaired) electrons. The lowest BCUT2D eigenvalue weighted by molar-refractivity contribution is -0.311. The van der Waals surface area contributed by atoms with Gasteiger partial charge >= 0.3 is 35.9 Å². The first-order valence-corrected chi connectivity index (χ1v) is 22.2. The van der Waals surface area contributed by atoms with Gasteiger partial charge in [-0.25, -0.2) is 4.79 Å². The molecule has 0 spiro atoms. The van der Waals surface area contributed by atoms with Gasteiger partial charge in [0.2, 0.25) is 5.91 Å². The average Bonchev–Trinajstić information content (AvgIpc) is 3.21. The van der Waals surface area contributed by atoms with Crippen LogP contribution in [-0.4, -0.2) is 129 Å². The van der Waals surface area contributed by atoms with Crippen LogP contribution in [0.2, 0.25) is 0 Å². The molecule has 0 saturated carbocycles. The number of esters is 5. The summed E-state index contributed by atoms with van der Waals surface area (Å²) in [6.07, 6.45) is 0.116. The molecule has 0 aromatic heterocycles. The zero-order valence-electron chi connectivity index (χ0n) is 38.6. The molecule has 0 aromatic rings. The van der Waals surface area contributed by atoms with Gasteiger partial charge in [-0.2, -0.15) is 0 Å². The van der Waals surface area contributed by atoms with E-state index in [0.717, 1.165) is 52.5 Å². The molecule has 11 atom stereocenters. The summed E-state index contributed by atoms with van der Waals surface area (Å²) in [4.78, 5) is 87.8. The van der Waals surface area contributed by atoms with E-state index < -0.39 is 128 Å². The molecule has 360 valence electrons. The van der Waals surface area contributed by atoms with Crippen molar-refractivity contribution < 1.29 is 80.9 Å². The maximum absolute atomic E-state index is 13.2. The Kier molecular flexibility index (Phi) is 24.8. The van der Waals surface area contributed by atoms with Crippen LogP contribution in [0.3, 0.4) is 0 Å². The fourth-order valence-electron chi connectivity index (χ4n) is 7.49. The molecule has 2 N–H and O–H groups in total. The number of nitrogens with one attached hydrogen (secondary N) is 2. The van der Waals surface area contributed by atoms with Crippen molar-refractivity contribution in [2.45, 2.75) is 194 Å². The molecule has 0 bridgehead atoms. The van der Waals surface area contributed by atoms with Crippen molar-refractivity contribution in [3.8, 4) is 0 Å². The van der Waals surface area contributed by atoms with Gasteiger partial charge < -0.3 is 58.0 Å². The molecule has 19 nitrogen and oxygen atoms in total. The summed E-state index contributed by atoms with van der Waals surface area (Å²) in [5, 5.41) is 5.50. The third kappa shape index (κ3) is 19.1. The first kappa shape index (κ1) is 54.8. The first-order valence-electron chi connectivity index (χ1n) is 22.2. The van der Waals surface area contributed by atoms with E-state index in [9.17, 15) is 33.6 Å². The summed E-state index contributed by atoms with van der Waals surface area (Å²) >= 11 is 0.